The first-order chi connectivity index (χ1) is 9.58. The van der Waals surface area contributed by atoms with Crippen LogP contribution in [0.1, 0.15) is 25.8 Å². The summed E-state index contributed by atoms with van der Waals surface area (Å²) < 4.78 is 5.50. The van der Waals surface area contributed by atoms with Crippen LogP contribution in [0.2, 0.25) is 5.02 Å². The molecule has 1 aromatic carbocycles. The van der Waals surface area contributed by atoms with Crippen LogP contribution < -0.4 is 5.32 Å². The van der Waals surface area contributed by atoms with Crippen molar-refractivity contribution in [3.8, 4) is 0 Å². The molecule has 0 fully saturated rings. The van der Waals surface area contributed by atoms with Crippen LogP contribution in [0.3, 0.4) is 0 Å². The first-order valence-corrected chi connectivity index (χ1v) is 7.71. The second kappa shape index (κ2) is 10.2. The summed E-state index contributed by atoms with van der Waals surface area (Å²) in [5, 5.41) is 4.24. The summed E-state index contributed by atoms with van der Waals surface area (Å²) in [6.07, 6.45) is 1.40. The first kappa shape index (κ1) is 17.4. The lowest BCUT2D eigenvalue weighted by Crippen LogP contribution is -2.29. The lowest BCUT2D eigenvalue weighted by molar-refractivity contribution is 0.0770. The fourth-order valence-electron chi connectivity index (χ4n) is 1.89. The molecule has 0 aliphatic heterocycles. The predicted octanol–water partition coefficient (Wildman–Crippen LogP) is 3.18. The van der Waals surface area contributed by atoms with E-state index in [-0.39, 0.29) is 0 Å². The normalized spacial score (nSPS) is 11.5. The van der Waals surface area contributed by atoms with E-state index in [0.29, 0.717) is 6.10 Å². The number of benzene rings is 1. The van der Waals surface area contributed by atoms with Crippen LogP contribution in [0, 0.1) is 0 Å². The maximum Gasteiger partial charge on any atom is 0.0518 e. The Morgan fingerprint density at radius 3 is 2.55 bits per heavy atom. The third-order valence-corrected chi connectivity index (χ3v) is 3.24. The molecule has 0 saturated heterocycles. The van der Waals surface area contributed by atoms with Crippen molar-refractivity contribution in [2.24, 2.45) is 0 Å². The Bertz CT molecular complexity index is 354. The molecule has 0 atom stereocenters. The molecule has 4 heteroatoms. The van der Waals surface area contributed by atoms with Crippen molar-refractivity contribution in [2.75, 3.05) is 33.3 Å². The quantitative estimate of drug-likeness (QED) is 0.672. The van der Waals surface area contributed by atoms with Gasteiger partial charge in [0.15, 0.2) is 0 Å². The number of nitrogens with zero attached hydrogens (tertiary/aromatic N) is 1. The van der Waals surface area contributed by atoms with Gasteiger partial charge in [0.2, 0.25) is 0 Å². The lowest BCUT2D eigenvalue weighted by atomic mass is 10.2. The lowest BCUT2D eigenvalue weighted by Gasteiger charge is -2.17. The number of ether oxygens (including phenoxy) is 1. The molecule has 114 valence electrons. The molecule has 3 nitrogen and oxygen atoms in total. The molecule has 1 aromatic rings. The number of likely N-dealkylation sites (N-methyl/N-ethyl adjacent to an activating group) is 1. The Balaban J connectivity index is 2.03. The van der Waals surface area contributed by atoms with Gasteiger partial charge in [-0.2, -0.15) is 0 Å². The van der Waals surface area contributed by atoms with Crippen LogP contribution >= 0.6 is 11.6 Å². The highest BCUT2D eigenvalue weighted by Gasteiger charge is 2.00. The molecule has 0 radical (unpaired) electrons. The van der Waals surface area contributed by atoms with E-state index in [1.807, 2.05) is 12.1 Å². The molecule has 0 aliphatic rings. The highest BCUT2D eigenvalue weighted by atomic mass is 35.5. The van der Waals surface area contributed by atoms with E-state index in [4.69, 9.17) is 16.3 Å². The minimum Gasteiger partial charge on any atom is -0.379 e. The third kappa shape index (κ3) is 8.54. The van der Waals surface area contributed by atoms with Gasteiger partial charge in [-0.1, -0.05) is 23.7 Å². The van der Waals surface area contributed by atoms with Crippen molar-refractivity contribution >= 4 is 11.6 Å². The van der Waals surface area contributed by atoms with E-state index < -0.39 is 0 Å². The fraction of sp³-hybridized carbons (Fsp3) is 0.625. The number of hydrogen-bond donors (Lipinski definition) is 1. The summed E-state index contributed by atoms with van der Waals surface area (Å²) in [7, 11) is 2.14. The molecule has 0 aromatic heterocycles. The molecule has 0 spiro atoms. The summed E-state index contributed by atoms with van der Waals surface area (Å²) in [4.78, 5) is 2.31. The Morgan fingerprint density at radius 2 is 1.90 bits per heavy atom. The maximum absolute atomic E-state index is 5.88. The van der Waals surface area contributed by atoms with Gasteiger partial charge in [-0.25, -0.2) is 0 Å². The van der Waals surface area contributed by atoms with Gasteiger partial charge >= 0.3 is 0 Å². The highest BCUT2D eigenvalue weighted by Crippen LogP contribution is 2.10. The first-order valence-electron chi connectivity index (χ1n) is 7.33. The molecule has 0 saturated carbocycles. The molecule has 0 bridgehead atoms. The van der Waals surface area contributed by atoms with Gasteiger partial charge in [0.05, 0.1) is 6.10 Å². The van der Waals surface area contributed by atoms with Crippen molar-refractivity contribution in [3.05, 3.63) is 34.9 Å². The van der Waals surface area contributed by atoms with Crippen molar-refractivity contribution < 1.29 is 4.74 Å². The second-order valence-corrected chi connectivity index (χ2v) is 5.82. The van der Waals surface area contributed by atoms with E-state index >= 15 is 0 Å². The van der Waals surface area contributed by atoms with Crippen LogP contribution in [0.25, 0.3) is 0 Å². The minimum absolute atomic E-state index is 0.334. The van der Waals surface area contributed by atoms with E-state index in [1.54, 1.807) is 0 Å². The molecule has 0 aliphatic carbocycles. The molecule has 0 heterocycles. The standard InChI is InChI=1S/C16H27ClN2O/c1-14(2)20-12-4-9-18-10-11-19(3)13-15-5-7-16(17)8-6-15/h5-8,14,18H,4,9-13H2,1-3H3. The van der Waals surface area contributed by atoms with Gasteiger partial charge in [0.25, 0.3) is 0 Å². The molecule has 0 unspecified atom stereocenters. The average molecular weight is 299 g/mol. The van der Waals surface area contributed by atoms with E-state index in [9.17, 15) is 0 Å². The van der Waals surface area contributed by atoms with Crippen LogP contribution in [0.15, 0.2) is 24.3 Å². The van der Waals surface area contributed by atoms with Crippen molar-refractivity contribution in [3.63, 3.8) is 0 Å². The SMILES string of the molecule is CC(C)OCCCNCCN(C)Cc1ccc(Cl)cc1. The zero-order valence-electron chi connectivity index (χ0n) is 12.9. The number of hydrogen-bond acceptors (Lipinski definition) is 3. The largest absolute Gasteiger partial charge is 0.379 e. The Kier molecular flexibility index (Phi) is 8.86. The number of halogens is 1. The number of rotatable bonds is 10. The molecule has 1 N–H and O–H groups in total. The number of nitrogens with one attached hydrogen (secondary N) is 1. The molecule has 0 amide bonds. The van der Waals surface area contributed by atoms with Gasteiger partial charge in [0, 0.05) is 31.3 Å². The molecular formula is C16H27ClN2O. The minimum atomic E-state index is 0.334. The summed E-state index contributed by atoms with van der Waals surface area (Å²) in [6, 6.07) is 8.04. The summed E-state index contributed by atoms with van der Waals surface area (Å²) in [6.45, 7) is 8.99. The van der Waals surface area contributed by atoms with Crippen LogP contribution in [-0.4, -0.2) is 44.3 Å². The van der Waals surface area contributed by atoms with Gasteiger partial charge in [-0.05, 0) is 51.6 Å². The summed E-state index contributed by atoms with van der Waals surface area (Å²) in [5.41, 5.74) is 1.29. The van der Waals surface area contributed by atoms with Crippen LogP contribution in [-0.2, 0) is 11.3 Å². The summed E-state index contributed by atoms with van der Waals surface area (Å²) in [5.74, 6) is 0. The second-order valence-electron chi connectivity index (χ2n) is 5.39. The van der Waals surface area contributed by atoms with Crippen molar-refractivity contribution in [2.45, 2.75) is 32.9 Å². The Morgan fingerprint density at radius 1 is 1.20 bits per heavy atom. The topological polar surface area (TPSA) is 24.5 Å². The van der Waals surface area contributed by atoms with Crippen LogP contribution in [0.4, 0.5) is 0 Å². The fourth-order valence-corrected chi connectivity index (χ4v) is 2.02. The Hall–Kier alpha value is -0.610. The van der Waals surface area contributed by atoms with E-state index in [1.165, 1.54) is 5.56 Å². The molecular weight excluding hydrogens is 272 g/mol. The molecule has 20 heavy (non-hydrogen) atoms. The average Bonchev–Trinajstić information content (AvgIpc) is 2.40. The molecule has 1 rings (SSSR count). The smallest absolute Gasteiger partial charge is 0.0518 e. The van der Waals surface area contributed by atoms with Crippen molar-refractivity contribution in [1.82, 2.24) is 10.2 Å². The van der Waals surface area contributed by atoms with Gasteiger partial charge in [-0.15, -0.1) is 0 Å². The summed E-state index contributed by atoms with van der Waals surface area (Å²) >= 11 is 5.88. The van der Waals surface area contributed by atoms with Crippen LogP contribution in [0.5, 0.6) is 0 Å². The zero-order chi connectivity index (χ0) is 14.8. The predicted molar refractivity (Wildman–Crippen MR) is 86.4 cm³/mol. The third-order valence-electron chi connectivity index (χ3n) is 2.99. The van der Waals surface area contributed by atoms with E-state index in [0.717, 1.165) is 44.2 Å². The van der Waals surface area contributed by atoms with E-state index in [2.05, 4.69) is 43.2 Å². The Labute approximate surface area is 128 Å². The van der Waals surface area contributed by atoms with Gasteiger partial charge < -0.3 is 15.0 Å². The maximum atomic E-state index is 5.88. The van der Waals surface area contributed by atoms with Gasteiger partial charge in [0.1, 0.15) is 0 Å². The zero-order valence-corrected chi connectivity index (χ0v) is 13.6. The van der Waals surface area contributed by atoms with Gasteiger partial charge in [-0.3, -0.25) is 0 Å². The highest BCUT2D eigenvalue weighted by molar-refractivity contribution is 6.30. The van der Waals surface area contributed by atoms with Crippen molar-refractivity contribution in [1.29, 1.82) is 0 Å². The monoisotopic (exact) mass is 298 g/mol.